The van der Waals surface area contributed by atoms with Gasteiger partial charge < -0.3 is 14.9 Å². The number of phenols is 1. The van der Waals surface area contributed by atoms with Crippen molar-refractivity contribution in [3.05, 3.63) is 29.3 Å². The number of aromatic hydroxyl groups is 1. The zero-order chi connectivity index (χ0) is 18.1. The molecule has 4 nitrogen and oxygen atoms in total. The Morgan fingerprint density at radius 3 is 2.78 bits per heavy atom. The van der Waals surface area contributed by atoms with Crippen LogP contribution < -0.4 is 0 Å². The molecule has 27 heavy (non-hydrogen) atoms. The third-order valence-corrected chi connectivity index (χ3v) is 8.00. The molecule has 0 radical (unpaired) electrons. The van der Waals surface area contributed by atoms with E-state index in [0.717, 1.165) is 38.1 Å². The van der Waals surface area contributed by atoms with Crippen LogP contribution in [0.15, 0.2) is 18.2 Å². The van der Waals surface area contributed by atoms with E-state index in [1.807, 2.05) is 19.2 Å². The Bertz CT molecular complexity index is 724. The van der Waals surface area contributed by atoms with Crippen LogP contribution in [0.25, 0.3) is 0 Å². The van der Waals surface area contributed by atoms with Crippen molar-refractivity contribution in [1.29, 1.82) is 0 Å². The van der Waals surface area contributed by atoms with Crippen molar-refractivity contribution >= 4 is 12.4 Å². The fraction of sp³-hybridized carbons (Fsp3) is 0.727. The maximum Gasteiger partial charge on any atom is 0.115 e. The van der Waals surface area contributed by atoms with Crippen LogP contribution in [0, 0.1) is 11.8 Å². The summed E-state index contributed by atoms with van der Waals surface area (Å²) in [4.78, 5) is 2.70. The number of phenolic OH excluding ortho intramolecular Hbond substituents is 1. The third-order valence-electron chi connectivity index (χ3n) is 8.00. The first-order chi connectivity index (χ1) is 12.5. The molecule has 3 fully saturated rings. The van der Waals surface area contributed by atoms with E-state index in [2.05, 4.69) is 17.9 Å². The maximum atomic E-state index is 10.7. The van der Waals surface area contributed by atoms with Crippen LogP contribution in [0.2, 0.25) is 0 Å². The summed E-state index contributed by atoms with van der Waals surface area (Å²) in [5.41, 5.74) is 2.09. The highest BCUT2D eigenvalue weighted by atomic mass is 35.5. The number of likely N-dealkylation sites (tertiary alicyclic amines) is 1. The second kappa shape index (κ2) is 6.62. The summed E-state index contributed by atoms with van der Waals surface area (Å²) in [5, 5.41) is 20.9. The van der Waals surface area contributed by atoms with Gasteiger partial charge in [0.25, 0.3) is 0 Å². The molecule has 4 aliphatic rings. The van der Waals surface area contributed by atoms with E-state index < -0.39 is 0 Å². The zero-order valence-electron chi connectivity index (χ0n) is 16.4. The average molecular weight is 394 g/mol. The lowest BCUT2D eigenvalue weighted by atomic mass is 9.46. The molecule has 2 bridgehead atoms. The highest BCUT2D eigenvalue weighted by molar-refractivity contribution is 5.85. The van der Waals surface area contributed by atoms with Gasteiger partial charge in [-0.1, -0.05) is 13.0 Å². The molecule has 2 N–H and O–H groups in total. The molecule has 1 heterocycles. The number of hydrogen-bond acceptors (Lipinski definition) is 4. The number of aliphatic hydroxyl groups excluding tert-OH is 1. The first kappa shape index (κ1) is 19.5. The normalized spacial score (nSPS) is 40.6. The Balaban J connectivity index is 0.00000180. The van der Waals surface area contributed by atoms with Crippen molar-refractivity contribution in [2.45, 2.75) is 68.6 Å². The smallest absolute Gasteiger partial charge is 0.115 e. The first-order valence-corrected chi connectivity index (χ1v) is 10.3. The first-order valence-electron chi connectivity index (χ1n) is 10.3. The molecule has 5 rings (SSSR count). The van der Waals surface area contributed by atoms with Crippen molar-refractivity contribution in [3.63, 3.8) is 0 Å². The van der Waals surface area contributed by atoms with Crippen LogP contribution in [0.4, 0.5) is 0 Å². The number of piperidine rings is 1. The van der Waals surface area contributed by atoms with Gasteiger partial charge in [0, 0.05) is 25.1 Å². The summed E-state index contributed by atoms with van der Waals surface area (Å²) in [6.45, 7) is 4.53. The molecule has 1 aromatic rings. The van der Waals surface area contributed by atoms with Crippen LogP contribution >= 0.6 is 12.4 Å². The van der Waals surface area contributed by atoms with Gasteiger partial charge in [-0.2, -0.15) is 0 Å². The molecular weight excluding hydrogens is 362 g/mol. The van der Waals surface area contributed by atoms with E-state index in [1.54, 1.807) is 0 Å². The van der Waals surface area contributed by atoms with E-state index in [0.29, 0.717) is 17.7 Å². The minimum Gasteiger partial charge on any atom is -0.508 e. The molecule has 5 heteroatoms. The predicted molar refractivity (Wildman–Crippen MR) is 108 cm³/mol. The average Bonchev–Trinajstić information content (AvgIpc) is 3.42. The number of methoxy groups -OCH3 is 1. The number of ether oxygens (including phenoxy) is 1. The second-order valence-electron chi connectivity index (χ2n) is 9.32. The summed E-state index contributed by atoms with van der Waals surface area (Å²) >= 11 is 0. The number of hydrogen-bond donors (Lipinski definition) is 2. The molecule has 0 amide bonds. The number of fused-ring (bicyclic) bond motifs is 1. The van der Waals surface area contributed by atoms with Crippen LogP contribution in [-0.2, 0) is 16.6 Å². The van der Waals surface area contributed by atoms with Crippen LogP contribution in [-0.4, -0.2) is 53.1 Å². The Hall–Kier alpha value is -0.810. The lowest BCUT2D eigenvalue weighted by molar-refractivity contribution is -0.225. The Labute approximate surface area is 168 Å². The fourth-order valence-corrected chi connectivity index (χ4v) is 6.92. The van der Waals surface area contributed by atoms with Gasteiger partial charge in [-0.05, 0) is 80.2 Å². The van der Waals surface area contributed by atoms with Crippen molar-refractivity contribution in [1.82, 2.24) is 4.90 Å². The van der Waals surface area contributed by atoms with E-state index >= 15 is 0 Å². The lowest BCUT2D eigenvalue weighted by Gasteiger charge is -2.68. The van der Waals surface area contributed by atoms with Gasteiger partial charge in [0.2, 0.25) is 0 Å². The van der Waals surface area contributed by atoms with Crippen molar-refractivity contribution in [2.75, 3.05) is 20.2 Å². The highest BCUT2D eigenvalue weighted by Crippen LogP contribution is 2.62. The van der Waals surface area contributed by atoms with E-state index in [1.165, 1.54) is 30.5 Å². The van der Waals surface area contributed by atoms with Crippen molar-refractivity contribution in [3.8, 4) is 5.75 Å². The SMILES string of the molecule is CO[C@@]12C(C)CC(O)C[C@@]13CCN(CC1CC1)[C@@H]2Cc1ccc(O)cc13.Cl. The van der Waals surface area contributed by atoms with Gasteiger partial charge in [0.05, 0.1) is 11.7 Å². The standard InChI is InChI=1S/C22H31NO3.ClH/c1-14-9-18(25)12-21-7-8-23(13-15-3-4-15)20(22(14,21)26-2)10-16-5-6-17(24)11-19(16)21;/h5-6,11,14-15,18,20,24-25H,3-4,7-10,12-13H2,1-2H3;1H/t14?,18?,20-,21-,22-;/m1./s1. The van der Waals surface area contributed by atoms with Gasteiger partial charge in [0.15, 0.2) is 0 Å². The number of nitrogens with zero attached hydrogens (tertiary/aromatic N) is 1. The molecule has 1 saturated heterocycles. The number of halogens is 1. The van der Waals surface area contributed by atoms with E-state index in [-0.39, 0.29) is 29.5 Å². The molecule has 3 aliphatic carbocycles. The minimum atomic E-state index is -0.294. The van der Waals surface area contributed by atoms with Gasteiger partial charge in [-0.3, -0.25) is 4.90 Å². The molecule has 150 valence electrons. The van der Waals surface area contributed by atoms with Gasteiger partial charge in [-0.25, -0.2) is 0 Å². The minimum absolute atomic E-state index is 0. The zero-order valence-corrected chi connectivity index (χ0v) is 17.2. The monoisotopic (exact) mass is 393 g/mol. The maximum absolute atomic E-state index is 10.7. The van der Waals surface area contributed by atoms with Crippen molar-refractivity contribution < 1.29 is 14.9 Å². The molecular formula is C22H32ClNO3. The largest absolute Gasteiger partial charge is 0.508 e. The van der Waals surface area contributed by atoms with Gasteiger partial charge in [0.1, 0.15) is 5.75 Å². The predicted octanol–water partition coefficient (Wildman–Crippen LogP) is 3.27. The molecule has 1 aliphatic heterocycles. The van der Waals surface area contributed by atoms with Crippen molar-refractivity contribution in [2.24, 2.45) is 11.8 Å². The summed E-state index contributed by atoms with van der Waals surface area (Å²) in [6, 6.07) is 6.24. The summed E-state index contributed by atoms with van der Waals surface area (Å²) < 4.78 is 6.50. The fourth-order valence-electron chi connectivity index (χ4n) is 6.92. The van der Waals surface area contributed by atoms with E-state index in [4.69, 9.17) is 4.74 Å². The van der Waals surface area contributed by atoms with E-state index in [9.17, 15) is 10.2 Å². The summed E-state index contributed by atoms with van der Waals surface area (Å²) in [7, 11) is 1.88. The third kappa shape index (κ3) is 2.60. The van der Waals surface area contributed by atoms with Crippen LogP contribution in [0.5, 0.6) is 5.75 Å². The summed E-state index contributed by atoms with van der Waals surface area (Å²) in [6.07, 6.45) is 5.98. The molecule has 0 spiro atoms. The highest BCUT2D eigenvalue weighted by Gasteiger charge is 2.68. The molecule has 5 atom stereocenters. The Kier molecular flexibility index (Phi) is 4.78. The Morgan fingerprint density at radius 1 is 1.30 bits per heavy atom. The molecule has 1 aromatic carbocycles. The van der Waals surface area contributed by atoms with Crippen LogP contribution in [0.1, 0.15) is 50.2 Å². The van der Waals surface area contributed by atoms with Crippen LogP contribution in [0.3, 0.4) is 0 Å². The number of aliphatic hydroxyl groups is 1. The number of benzene rings is 1. The Morgan fingerprint density at radius 2 is 2.07 bits per heavy atom. The van der Waals surface area contributed by atoms with Gasteiger partial charge in [-0.15, -0.1) is 12.4 Å². The topological polar surface area (TPSA) is 52.9 Å². The molecule has 2 saturated carbocycles. The lowest BCUT2D eigenvalue weighted by Crippen LogP contribution is -2.76. The summed E-state index contributed by atoms with van der Waals surface area (Å²) in [5.74, 6) is 1.48. The molecule has 0 aromatic heterocycles. The quantitative estimate of drug-likeness (QED) is 0.827. The van der Waals surface area contributed by atoms with Gasteiger partial charge >= 0.3 is 0 Å². The molecule has 2 unspecified atom stereocenters. The number of rotatable bonds is 3. The second-order valence-corrected chi connectivity index (χ2v) is 9.32.